The summed E-state index contributed by atoms with van der Waals surface area (Å²) in [7, 11) is 0.195. The van der Waals surface area contributed by atoms with Crippen molar-refractivity contribution in [3.8, 4) is 0 Å². The lowest BCUT2D eigenvalue weighted by Gasteiger charge is -2.39. The van der Waals surface area contributed by atoms with E-state index in [0.717, 1.165) is 0 Å². The van der Waals surface area contributed by atoms with E-state index >= 15 is 0 Å². The topological polar surface area (TPSA) is 3.24 Å². The van der Waals surface area contributed by atoms with E-state index in [-0.39, 0.29) is 14.1 Å². The molecule has 14 heteroatoms. The first kappa shape index (κ1) is 21.8. The van der Waals surface area contributed by atoms with Crippen LogP contribution in [0.25, 0.3) is 0 Å². The van der Waals surface area contributed by atoms with E-state index in [9.17, 15) is 57.1 Å². The van der Waals surface area contributed by atoms with E-state index < -0.39 is 46.5 Å². The Morgan fingerprint density at radius 1 is 0.652 bits per heavy atom. The van der Waals surface area contributed by atoms with Crippen LogP contribution in [0.2, 0.25) is 0 Å². The molecule has 0 unspecified atom stereocenters. The normalized spacial score (nSPS) is 15.1. The first-order valence-corrected chi connectivity index (χ1v) is 5.07. The minimum Gasteiger partial charge on any atom is -0.246 e. The number of hydrogen-bond donors (Lipinski definition) is 0. The van der Waals surface area contributed by atoms with Crippen LogP contribution in [0, 0.1) is 0 Å². The average Bonchev–Trinajstić information content (AvgIpc) is 2.22. The van der Waals surface area contributed by atoms with Crippen molar-refractivity contribution in [2.45, 2.75) is 30.0 Å². The van der Waals surface area contributed by atoms with Crippen molar-refractivity contribution in [3.05, 3.63) is 11.7 Å². The SMILES string of the molecule is CN(C)C(F)(F)C(=C(F)F)C(F)(F)C(F)(C(F)(F)F)C(F)(F)F. The van der Waals surface area contributed by atoms with Gasteiger partial charge in [0.15, 0.2) is 5.57 Å². The zero-order valence-electron chi connectivity index (χ0n) is 10.9. The van der Waals surface area contributed by atoms with Crippen molar-refractivity contribution >= 4 is 0 Å². The molecule has 0 aromatic rings. The van der Waals surface area contributed by atoms with Crippen LogP contribution in [0.5, 0.6) is 0 Å². The van der Waals surface area contributed by atoms with Crippen LogP contribution >= 0.6 is 0 Å². The van der Waals surface area contributed by atoms with Gasteiger partial charge in [-0.2, -0.15) is 52.7 Å². The zero-order chi connectivity index (χ0) is 19.2. The molecule has 0 aromatic heterocycles. The Labute approximate surface area is 119 Å². The number of rotatable bonds is 4. The molecule has 0 fully saturated rings. The van der Waals surface area contributed by atoms with Crippen molar-refractivity contribution < 1.29 is 57.1 Å². The Morgan fingerprint density at radius 3 is 1.13 bits per heavy atom. The second-order valence-electron chi connectivity index (χ2n) is 4.30. The fraction of sp³-hybridized carbons (Fsp3) is 0.778. The fourth-order valence-electron chi connectivity index (χ4n) is 1.33. The van der Waals surface area contributed by atoms with Gasteiger partial charge in [-0.05, 0) is 14.1 Å². The monoisotopic (exact) mass is 375 g/mol. The molecule has 23 heavy (non-hydrogen) atoms. The van der Waals surface area contributed by atoms with E-state index in [4.69, 9.17) is 0 Å². The first-order valence-electron chi connectivity index (χ1n) is 5.07. The Kier molecular flexibility index (Phi) is 5.40. The zero-order valence-corrected chi connectivity index (χ0v) is 10.9. The standard InChI is InChI=1S/C9H6F13N/c1-23(2)6(14,15)3(4(10)11)5(12,13)7(16,8(17,18)19)9(20,21)22/h1-2H3. The highest BCUT2D eigenvalue weighted by atomic mass is 19.4. The van der Waals surface area contributed by atoms with Crippen molar-refractivity contribution in [2.75, 3.05) is 14.1 Å². The van der Waals surface area contributed by atoms with Crippen molar-refractivity contribution in [1.29, 1.82) is 0 Å². The Morgan fingerprint density at radius 2 is 0.957 bits per heavy atom. The number of halogens is 13. The molecule has 0 N–H and O–H groups in total. The molecule has 0 atom stereocenters. The van der Waals surface area contributed by atoms with Crippen LogP contribution in [0.3, 0.4) is 0 Å². The smallest absolute Gasteiger partial charge is 0.246 e. The maximum absolute atomic E-state index is 13.4. The van der Waals surface area contributed by atoms with Gasteiger partial charge in [0, 0.05) is 0 Å². The van der Waals surface area contributed by atoms with Gasteiger partial charge in [0.25, 0.3) is 6.08 Å². The molecule has 0 radical (unpaired) electrons. The lowest BCUT2D eigenvalue weighted by Crippen LogP contribution is -2.67. The number of alkyl halides is 11. The molecule has 0 spiro atoms. The third kappa shape index (κ3) is 3.21. The number of likely N-dealkylation sites (N-methyl/N-ethyl adjacent to an activating group) is 1. The van der Waals surface area contributed by atoms with Crippen LogP contribution in [0.4, 0.5) is 57.1 Å². The van der Waals surface area contributed by atoms with Crippen LogP contribution in [0.15, 0.2) is 11.7 Å². The van der Waals surface area contributed by atoms with Gasteiger partial charge in [-0.15, -0.1) is 0 Å². The molecule has 1 nitrogen and oxygen atoms in total. The molecule has 0 saturated heterocycles. The van der Waals surface area contributed by atoms with Gasteiger partial charge in [0.2, 0.25) is 0 Å². The predicted octanol–water partition coefficient (Wildman–Crippen LogP) is 4.76. The predicted molar refractivity (Wildman–Crippen MR) is 48.8 cm³/mol. The third-order valence-corrected chi connectivity index (χ3v) is 2.58. The van der Waals surface area contributed by atoms with Crippen molar-refractivity contribution in [2.24, 2.45) is 0 Å². The number of hydrogen-bond acceptors (Lipinski definition) is 1. The molecule has 138 valence electrons. The summed E-state index contributed by atoms with van der Waals surface area (Å²) in [4.78, 5) is -0.831. The number of nitrogens with zero attached hydrogens (tertiary/aromatic N) is 1. The Hall–Kier alpha value is -1.21. The molecule has 0 saturated carbocycles. The molecule has 0 aliphatic carbocycles. The summed E-state index contributed by atoms with van der Waals surface area (Å²) >= 11 is 0. The molecule has 0 amide bonds. The first-order chi connectivity index (χ1) is 9.76. The van der Waals surface area contributed by atoms with Crippen LogP contribution in [-0.2, 0) is 0 Å². The lowest BCUT2D eigenvalue weighted by molar-refractivity contribution is -0.393. The van der Waals surface area contributed by atoms with Crippen LogP contribution in [-0.4, -0.2) is 49.0 Å². The minimum atomic E-state index is -7.66. The van der Waals surface area contributed by atoms with E-state index in [1.807, 2.05) is 0 Å². The highest BCUT2D eigenvalue weighted by Crippen LogP contribution is 2.59. The molecule has 0 aromatic carbocycles. The molecule has 0 rings (SSSR count). The van der Waals surface area contributed by atoms with Gasteiger partial charge < -0.3 is 0 Å². The molecule has 0 bridgehead atoms. The molecular formula is C9H6F13N. The third-order valence-electron chi connectivity index (χ3n) is 2.58. The van der Waals surface area contributed by atoms with Gasteiger partial charge in [0.1, 0.15) is 0 Å². The summed E-state index contributed by atoms with van der Waals surface area (Å²) in [5.41, 5.74) is -11.9. The summed E-state index contributed by atoms with van der Waals surface area (Å²) in [5, 5.41) is 0. The van der Waals surface area contributed by atoms with Crippen molar-refractivity contribution in [3.63, 3.8) is 0 Å². The largest absolute Gasteiger partial charge is 0.438 e. The molecule has 0 aliphatic heterocycles. The molecule has 0 aliphatic rings. The fourth-order valence-corrected chi connectivity index (χ4v) is 1.33. The van der Waals surface area contributed by atoms with Gasteiger partial charge in [-0.25, -0.2) is 9.29 Å². The second kappa shape index (κ2) is 5.70. The van der Waals surface area contributed by atoms with E-state index in [0.29, 0.717) is 0 Å². The highest BCUT2D eigenvalue weighted by molar-refractivity contribution is 5.29. The maximum atomic E-state index is 13.4. The summed E-state index contributed by atoms with van der Waals surface area (Å²) in [6.07, 6.45) is -19.3. The van der Waals surface area contributed by atoms with Gasteiger partial charge in [-0.3, -0.25) is 0 Å². The van der Waals surface area contributed by atoms with Crippen LogP contribution in [0.1, 0.15) is 0 Å². The summed E-state index contributed by atoms with van der Waals surface area (Å²) < 4.78 is 165. The lowest BCUT2D eigenvalue weighted by atomic mass is 9.88. The molecular weight excluding hydrogens is 369 g/mol. The van der Waals surface area contributed by atoms with Crippen LogP contribution < -0.4 is 0 Å². The second-order valence-corrected chi connectivity index (χ2v) is 4.30. The van der Waals surface area contributed by atoms with Gasteiger partial charge >= 0.3 is 30.0 Å². The van der Waals surface area contributed by atoms with Crippen molar-refractivity contribution in [1.82, 2.24) is 4.90 Å². The average molecular weight is 375 g/mol. The summed E-state index contributed by atoms with van der Waals surface area (Å²) in [5.74, 6) is -7.35. The van der Waals surface area contributed by atoms with E-state index in [1.54, 1.807) is 0 Å². The summed E-state index contributed by atoms with van der Waals surface area (Å²) in [6, 6.07) is -5.71. The Balaban J connectivity index is 6.78. The van der Waals surface area contributed by atoms with Gasteiger partial charge in [0.05, 0.1) is 0 Å². The molecule has 0 heterocycles. The quantitative estimate of drug-likeness (QED) is 0.506. The Bertz CT molecular complexity index is 451. The highest BCUT2D eigenvalue weighted by Gasteiger charge is 2.87. The van der Waals surface area contributed by atoms with E-state index in [2.05, 4.69) is 0 Å². The summed E-state index contributed by atoms with van der Waals surface area (Å²) in [6.45, 7) is 0. The van der Waals surface area contributed by atoms with Gasteiger partial charge in [-0.1, -0.05) is 0 Å². The maximum Gasteiger partial charge on any atom is 0.438 e. The van der Waals surface area contributed by atoms with E-state index in [1.165, 1.54) is 0 Å². The minimum absolute atomic E-state index is 0.0973.